The second-order valence-electron chi connectivity index (χ2n) is 11.9. The van der Waals surface area contributed by atoms with E-state index in [1.165, 1.54) is 23.1 Å². The minimum atomic E-state index is -1.19. The molecular formula is C29H35F2N2O3-. The predicted octanol–water partition coefficient (Wildman–Crippen LogP) is 5.03. The molecule has 1 amide bonds. The first-order chi connectivity index (χ1) is 17.0. The number of nitrogens with zero attached hydrogens (tertiary/aromatic N) is 2. The van der Waals surface area contributed by atoms with E-state index in [9.17, 15) is 14.3 Å². The SMILES string of the molecule is CC(C)COc1cc(F)cc(-c2cc3c(cc2F)[C@H](N(C(=O)[O-])[C@@H]2CN4CCC2CC4)C(C)(C)C3)c1. The number of benzene rings is 2. The van der Waals surface area contributed by atoms with Crippen LogP contribution in [0.25, 0.3) is 11.1 Å². The van der Waals surface area contributed by atoms with Crippen molar-refractivity contribution in [3.63, 3.8) is 0 Å². The van der Waals surface area contributed by atoms with Gasteiger partial charge in [0.25, 0.3) is 0 Å². The molecule has 2 aromatic rings. The Morgan fingerprint density at radius 3 is 2.50 bits per heavy atom. The van der Waals surface area contributed by atoms with Crippen LogP contribution in [-0.2, 0) is 6.42 Å². The van der Waals surface area contributed by atoms with Crippen molar-refractivity contribution in [2.45, 2.75) is 59.0 Å². The van der Waals surface area contributed by atoms with Gasteiger partial charge in [-0.25, -0.2) is 8.78 Å². The van der Waals surface area contributed by atoms with Crippen molar-refractivity contribution in [2.75, 3.05) is 26.2 Å². The normalized spacial score (nSPS) is 26.2. The number of fused-ring (bicyclic) bond motifs is 4. The van der Waals surface area contributed by atoms with Gasteiger partial charge in [-0.05, 0) is 90.6 Å². The van der Waals surface area contributed by atoms with Gasteiger partial charge in [0.05, 0.1) is 12.6 Å². The van der Waals surface area contributed by atoms with Crippen LogP contribution in [0.1, 0.15) is 57.7 Å². The molecule has 0 radical (unpaired) electrons. The number of ether oxygens (including phenoxy) is 1. The molecule has 1 aliphatic carbocycles. The van der Waals surface area contributed by atoms with Gasteiger partial charge in [-0.2, -0.15) is 0 Å². The summed E-state index contributed by atoms with van der Waals surface area (Å²) in [7, 11) is 0. The quantitative estimate of drug-likeness (QED) is 0.562. The van der Waals surface area contributed by atoms with E-state index in [4.69, 9.17) is 4.74 Å². The van der Waals surface area contributed by atoms with E-state index in [-0.39, 0.29) is 12.0 Å². The van der Waals surface area contributed by atoms with Crippen LogP contribution in [0.3, 0.4) is 0 Å². The molecule has 0 unspecified atom stereocenters. The highest BCUT2D eigenvalue weighted by atomic mass is 19.1. The summed E-state index contributed by atoms with van der Waals surface area (Å²) in [5.41, 5.74) is 1.84. The number of carbonyl (C=O) groups is 1. The van der Waals surface area contributed by atoms with Gasteiger partial charge in [0, 0.05) is 24.2 Å². The molecule has 3 heterocycles. The smallest absolute Gasteiger partial charge is 0.137 e. The Hall–Kier alpha value is -2.67. The standard InChI is InChI=1S/C29H36F2N2O3/c1-17(2)16-36-22-10-19(9-21(30)12-22)23-11-20-14-29(3,4)27(24(20)13-25(23)31)33(28(34)35)26-15-32-7-5-18(26)6-8-32/h9-13,17-18,26-27H,5-8,14-16H2,1-4H3,(H,34,35)/p-1/t26-,27+/m1/s1. The highest BCUT2D eigenvalue weighted by Crippen LogP contribution is 2.52. The van der Waals surface area contributed by atoms with Crippen molar-refractivity contribution in [2.24, 2.45) is 17.3 Å². The Morgan fingerprint density at radius 2 is 1.89 bits per heavy atom. The lowest BCUT2D eigenvalue weighted by atomic mass is 9.79. The minimum absolute atomic E-state index is 0.153. The Kier molecular flexibility index (Phi) is 6.48. The van der Waals surface area contributed by atoms with Gasteiger partial charge in [0.1, 0.15) is 23.5 Å². The van der Waals surface area contributed by atoms with Crippen LogP contribution >= 0.6 is 0 Å². The van der Waals surface area contributed by atoms with Crippen molar-refractivity contribution < 1.29 is 23.4 Å². The molecule has 0 spiro atoms. The van der Waals surface area contributed by atoms with Crippen LogP contribution in [-0.4, -0.2) is 48.2 Å². The molecule has 0 saturated carbocycles. The second kappa shape index (κ2) is 9.33. The Labute approximate surface area is 212 Å². The average Bonchev–Trinajstić information content (AvgIpc) is 3.07. The average molecular weight is 498 g/mol. The molecule has 0 aromatic heterocycles. The van der Waals surface area contributed by atoms with Gasteiger partial charge < -0.3 is 24.4 Å². The third-order valence-corrected chi connectivity index (χ3v) is 8.14. The summed E-state index contributed by atoms with van der Waals surface area (Å²) in [6.45, 7) is 11.2. The lowest BCUT2D eigenvalue weighted by molar-refractivity contribution is -0.276. The van der Waals surface area contributed by atoms with E-state index in [2.05, 4.69) is 4.90 Å². The zero-order valence-electron chi connectivity index (χ0n) is 21.5. The number of hydrogen-bond acceptors (Lipinski definition) is 4. The van der Waals surface area contributed by atoms with E-state index in [1.54, 1.807) is 12.1 Å². The zero-order chi connectivity index (χ0) is 25.8. The van der Waals surface area contributed by atoms with Crippen LogP contribution in [0, 0.1) is 28.9 Å². The predicted molar refractivity (Wildman–Crippen MR) is 133 cm³/mol. The number of carboxylic acid groups (broad SMARTS) is 1. The van der Waals surface area contributed by atoms with E-state index < -0.39 is 29.2 Å². The lowest BCUT2D eigenvalue weighted by Gasteiger charge is -2.53. The molecule has 3 saturated heterocycles. The molecule has 2 bridgehead atoms. The number of halogens is 2. The van der Waals surface area contributed by atoms with Crippen molar-refractivity contribution >= 4 is 6.09 Å². The second-order valence-corrected chi connectivity index (χ2v) is 11.9. The van der Waals surface area contributed by atoms with Gasteiger partial charge in [-0.15, -0.1) is 0 Å². The fourth-order valence-electron chi connectivity index (χ4n) is 6.54. The molecule has 2 aromatic carbocycles. The van der Waals surface area contributed by atoms with Gasteiger partial charge in [0.2, 0.25) is 0 Å². The summed E-state index contributed by atoms with van der Waals surface area (Å²) < 4.78 is 35.8. The molecule has 0 N–H and O–H groups in total. The Bertz CT molecular complexity index is 1160. The zero-order valence-corrected chi connectivity index (χ0v) is 21.5. The fourth-order valence-corrected chi connectivity index (χ4v) is 6.54. The first-order valence-electron chi connectivity index (χ1n) is 13.0. The van der Waals surface area contributed by atoms with E-state index in [0.717, 1.165) is 31.5 Å². The maximum atomic E-state index is 15.6. The summed E-state index contributed by atoms with van der Waals surface area (Å²) in [4.78, 5) is 16.4. The first kappa shape index (κ1) is 25.0. The molecule has 194 valence electrons. The largest absolute Gasteiger partial charge is 0.530 e. The number of amides is 1. The lowest BCUT2D eigenvalue weighted by Crippen LogP contribution is -2.62. The topological polar surface area (TPSA) is 55.8 Å². The number of carbonyl (C=O) groups excluding carboxylic acids is 1. The van der Waals surface area contributed by atoms with Crippen molar-refractivity contribution in [3.05, 3.63) is 53.1 Å². The van der Waals surface area contributed by atoms with Crippen LogP contribution in [0.5, 0.6) is 5.75 Å². The Balaban J connectivity index is 1.52. The van der Waals surface area contributed by atoms with Crippen molar-refractivity contribution in [1.29, 1.82) is 0 Å². The fraction of sp³-hybridized carbons (Fsp3) is 0.552. The van der Waals surface area contributed by atoms with Gasteiger partial charge in [-0.1, -0.05) is 27.7 Å². The highest BCUT2D eigenvalue weighted by molar-refractivity contribution is 5.70. The van der Waals surface area contributed by atoms with Crippen LogP contribution in [0.2, 0.25) is 0 Å². The van der Waals surface area contributed by atoms with Gasteiger partial charge in [-0.3, -0.25) is 0 Å². The molecule has 5 nitrogen and oxygen atoms in total. The monoisotopic (exact) mass is 497 g/mol. The van der Waals surface area contributed by atoms with Crippen LogP contribution in [0.4, 0.5) is 13.6 Å². The number of piperidine rings is 3. The van der Waals surface area contributed by atoms with Crippen molar-refractivity contribution in [3.8, 4) is 16.9 Å². The summed E-state index contributed by atoms with van der Waals surface area (Å²) in [5, 5.41) is 12.6. The summed E-state index contributed by atoms with van der Waals surface area (Å²) in [6, 6.07) is 6.85. The number of hydrogen-bond donors (Lipinski definition) is 0. The maximum Gasteiger partial charge on any atom is 0.137 e. The summed E-state index contributed by atoms with van der Waals surface area (Å²) in [5.74, 6) is -0.0509. The highest BCUT2D eigenvalue weighted by Gasteiger charge is 2.48. The Morgan fingerprint density at radius 1 is 1.17 bits per heavy atom. The van der Waals surface area contributed by atoms with Gasteiger partial charge in [0.15, 0.2) is 0 Å². The first-order valence-corrected chi connectivity index (χ1v) is 13.0. The maximum absolute atomic E-state index is 15.6. The van der Waals surface area contributed by atoms with Crippen LogP contribution in [0.15, 0.2) is 30.3 Å². The molecule has 2 atom stereocenters. The minimum Gasteiger partial charge on any atom is -0.530 e. The molecule has 3 aliphatic heterocycles. The van der Waals surface area contributed by atoms with E-state index in [1.807, 2.05) is 27.7 Å². The van der Waals surface area contributed by atoms with E-state index in [0.29, 0.717) is 47.9 Å². The third-order valence-electron chi connectivity index (χ3n) is 8.14. The summed E-state index contributed by atoms with van der Waals surface area (Å²) >= 11 is 0. The molecule has 36 heavy (non-hydrogen) atoms. The molecular weight excluding hydrogens is 462 g/mol. The molecule has 7 heteroatoms. The molecule has 6 rings (SSSR count). The third kappa shape index (κ3) is 4.58. The van der Waals surface area contributed by atoms with Crippen LogP contribution < -0.4 is 9.84 Å². The molecule has 3 fully saturated rings. The molecule has 4 aliphatic rings. The van der Waals surface area contributed by atoms with E-state index >= 15 is 4.39 Å². The van der Waals surface area contributed by atoms with Gasteiger partial charge >= 0.3 is 0 Å². The van der Waals surface area contributed by atoms with Crippen molar-refractivity contribution in [1.82, 2.24) is 9.80 Å². The number of rotatable bonds is 6. The summed E-state index contributed by atoms with van der Waals surface area (Å²) in [6.07, 6.45) is 1.35.